The van der Waals surface area contributed by atoms with Gasteiger partial charge in [-0.15, -0.1) is 24.0 Å². The standard InChI is InChI=1S/C19H34N6.HI/c1-16-5-10-24(11-6-16)9-4-8-21-19(20-2)25-12-7-17(15-25)18-13-22-23(3)14-18;/h13-14,16-17H,4-12,15H2,1-3H3,(H,20,21);1H. The van der Waals surface area contributed by atoms with Gasteiger partial charge in [0.15, 0.2) is 5.96 Å². The largest absolute Gasteiger partial charge is 0.356 e. The fraction of sp³-hybridized carbons (Fsp3) is 0.789. The van der Waals surface area contributed by atoms with Crippen LogP contribution in [0.3, 0.4) is 0 Å². The van der Waals surface area contributed by atoms with Gasteiger partial charge in [0.2, 0.25) is 0 Å². The van der Waals surface area contributed by atoms with Crippen molar-refractivity contribution in [3.8, 4) is 0 Å². The van der Waals surface area contributed by atoms with Gasteiger partial charge in [-0.1, -0.05) is 6.92 Å². The Morgan fingerprint density at radius 1 is 1.27 bits per heavy atom. The summed E-state index contributed by atoms with van der Waals surface area (Å²) in [6.45, 7) is 9.24. The van der Waals surface area contributed by atoms with Gasteiger partial charge in [-0.2, -0.15) is 5.10 Å². The summed E-state index contributed by atoms with van der Waals surface area (Å²) in [6.07, 6.45) is 9.23. The normalized spacial score (nSPS) is 22.5. The number of halogens is 1. The number of piperidine rings is 1. The van der Waals surface area contributed by atoms with Crippen molar-refractivity contribution >= 4 is 29.9 Å². The number of rotatable bonds is 5. The molecule has 0 bridgehead atoms. The number of guanidine groups is 1. The van der Waals surface area contributed by atoms with E-state index in [1.54, 1.807) is 0 Å². The molecule has 1 unspecified atom stereocenters. The van der Waals surface area contributed by atoms with Crippen molar-refractivity contribution in [2.45, 2.75) is 38.5 Å². The number of nitrogens with one attached hydrogen (secondary N) is 1. The predicted molar refractivity (Wildman–Crippen MR) is 118 cm³/mol. The lowest BCUT2D eigenvalue weighted by Crippen LogP contribution is -2.41. The smallest absolute Gasteiger partial charge is 0.193 e. The van der Waals surface area contributed by atoms with E-state index in [0.29, 0.717) is 5.92 Å². The van der Waals surface area contributed by atoms with Crippen molar-refractivity contribution in [2.24, 2.45) is 18.0 Å². The molecule has 7 heteroatoms. The molecule has 0 aromatic carbocycles. The van der Waals surface area contributed by atoms with E-state index in [1.807, 2.05) is 25.0 Å². The molecule has 1 N–H and O–H groups in total. The van der Waals surface area contributed by atoms with Crippen LogP contribution >= 0.6 is 24.0 Å². The SMILES string of the molecule is CN=C(NCCCN1CCC(C)CC1)N1CCC(c2cnn(C)c2)C1.I. The molecule has 2 aliphatic rings. The number of nitrogens with zero attached hydrogens (tertiary/aromatic N) is 5. The van der Waals surface area contributed by atoms with Crippen molar-refractivity contribution in [3.05, 3.63) is 18.0 Å². The maximum absolute atomic E-state index is 4.49. The van der Waals surface area contributed by atoms with Crippen LogP contribution in [0, 0.1) is 5.92 Å². The number of aryl methyl sites for hydroxylation is 1. The maximum Gasteiger partial charge on any atom is 0.193 e. The van der Waals surface area contributed by atoms with Crippen molar-refractivity contribution in [1.29, 1.82) is 0 Å². The minimum absolute atomic E-state index is 0. The molecule has 1 aromatic rings. The maximum atomic E-state index is 4.49. The zero-order valence-corrected chi connectivity index (χ0v) is 18.9. The van der Waals surface area contributed by atoms with E-state index < -0.39 is 0 Å². The highest BCUT2D eigenvalue weighted by molar-refractivity contribution is 14.0. The van der Waals surface area contributed by atoms with Gasteiger partial charge in [0, 0.05) is 45.8 Å². The first-order chi connectivity index (χ1) is 12.2. The third kappa shape index (κ3) is 5.84. The van der Waals surface area contributed by atoms with Crippen LogP contribution in [0.1, 0.15) is 44.1 Å². The van der Waals surface area contributed by atoms with Crippen LogP contribution < -0.4 is 5.32 Å². The molecule has 0 aliphatic carbocycles. The van der Waals surface area contributed by atoms with Gasteiger partial charge in [0.1, 0.15) is 0 Å². The lowest BCUT2D eigenvalue weighted by atomic mass is 9.99. The van der Waals surface area contributed by atoms with E-state index in [1.165, 1.54) is 50.9 Å². The summed E-state index contributed by atoms with van der Waals surface area (Å²) in [7, 11) is 3.88. The lowest BCUT2D eigenvalue weighted by Gasteiger charge is -2.30. The molecule has 0 spiro atoms. The minimum atomic E-state index is 0. The Morgan fingerprint density at radius 2 is 2.04 bits per heavy atom. The summed E-state index contributed by atoms with van der Waals surface area (Å²) in [4.78, 5) is 9.49. The third-order valence-corrected chi connectivity index (χ3v) is 5.71. The molecule has 26 heavy (non-hydrogen) atoms. The average Bonchev–Trinajstić information content (AvgIpc) is 3.25. The van der Waals surface area contributed by atoms with Crippen LogP contribution in [0.25, 0.3) is 0 Å². The molecule has 1 aromatic heterocycles. The highest BCUT2D eigenvalue weighted by Crippen LogP contribution is 2.26. The lowest BCUT2D eigenvalue weighted by molar-refractivity contribution is 0.191. The van der Waals surface area contributed by atoms with Gasteiger partial charge in [-0.3, -0.25) is 9.67 Å². The van der Waals surface area contributed by atoms with Crippen LogP contribution in [0.4, 0.5) is 0 Å². The summed E-state index contributed by atoms with van der Waals surface area (Å²) in [5.74, 6) is 2.54. The van der Waals surface area contributed by atoms with Crippen LogP contribution in [-0.2, 0) is 7.05 Å². The molecule has 2 fully saturated rings. The molecule has 6 nitrogen and oxygen atoms in total. The van der Waals surface area contributed by atoms with E-state index in [0.717, 1.165) is 31.5 Å². The van der Waals surface area contributed by atoms with Gasteiger partial charge in [-0.25, -0.2) is 0 Å². The highest BCUT2D eigenvalue weighted by atomic mass is 127. The summed E-state index contributed by atoms with van der Waals surface area (Å²) >= 11 is 0. The van der Waals surface area contributed by atoms with E-state index in [2.05, 4.69) is 38.3 Å². The second-order valence-electron chi connectivity index (χ2n) is 7.73. The fourth-order valence-corrected chi connectivity index (χ4v) is 4.00. The Morgan fingerprint density at radius 3 is 2.69 bits per heavy atom. The number of aliphatic imine (C=N–C) groups is 1. The molecule has 0 amide bonds. The minimum Gasteiger partial charge on any atom is -0.356 e. The molecule has 3 rings (SSSR count). The number of aromatic nitrogens is 2. The first kappa shape index (κ1) is 21.5. The van der Waals surface area contributed by atoms with Crippen LogP contribution in [-0.4, -0.2) is 71.9 Å². The van der Waals surface area contributed by atoms with Crippen molar-refractivity contribution in [1.82, 2.24) is 24.9 Å². The summed E-state index contributed by atoms with van der Waals surface area (Å²) in [5.41, 5.74) is 1.35. The molecular weight excluding hydrogens is 439 g/mol. The first-order valence-corrected chi connectivity index (χ1v) is 9.82. The van der Waals surface area contributed by atoms with Gasteiger partial charge in [0.25, 0.3) is 0 Å². The molecule has 3 heterocycles. The topological polar surface area (TPSA) is 48.7 Å². The first-order valence-electron chi connectivity index (χ1n) is 9.82. The molecular formula is C19H35IN6. The molecule has 2 aliphatic heterocycles. The van der Waals surface area contributed by atoms with Gasteiger partial charge < -0.3 is 15.1 Å². The quantitative estimate of drug-likeness (QED) is 0.309. The Bertz CT molecular complexity index is 564. The van der Waals surface area contributed by atoms with Gasteiger partial charge in [0.05, 0.1) is 6.20 Å². The third-order valence-electron chi connectivity index (χ3n) is 5.71. The Labute approximate surface area is 175 Å². The highest BCUT2D eigenvalue weighted by Gasteiger charge is 2.26. The number of hydrogen-bond acceptors (Lipinski definition) is 3. The zero-order valence-electron chi connectivity index (χ0n) is 16.5. The number of likely N-dealkylation sites (tertiary alicyclic amines) is 2. The Kier molecular flexibility index (Phi) is 8.66. The van der Waals surface area contributed by atoms with Gasteiger partial charge in [-0.05, 0) is 56.8 Å². The summed E-state index contributed by atoms with van der Waals surface area (Å²) < 4.78 is 1.90. The van der Waals surface area contributed by atoms with E-state index in [4.69, 9.17) is 0 Å². The summed E-state index contributed by atoms with van der Waals surface area (Å²) in [5, 5.41) is 7.87. The van der Waals surface area contributed by atoms with E-state index in [-0.39, 0.29) is 24.0 Å². The Hall–Kier alpha value is -0.830. The van der Waals surface area contributed by atoms with E-state index in [9.17, 15) is 0 Å². The van der Waals surface area contributed by atoms with Crippen LogP contribution in [0.2, 0.25) is 0 Å². The second-order valence-corrected chi connectivity index (χ2v) is 7.73. The molecule has 0 saturated carbocycles. The predicted octanol–water partition coefficient (Wildman–Crippen LogP) is 2.52. The fourth-order valence-electron chi connectivity index (χ4n) is 4.00. The zero-order chi connectivity index (χ0) is 17.6. The molecule has 1 atom stereocenters. The molecule has 148 valence electrons. The summed E-state index contributed by atoms with van der Waals surface area (Å²) in [6, 6.07) is 0. The van der Waals surface area contributed by atoms with Gasteiger partial charge >= 0.3 is 0 Å². The monoisotopic (exact) mass is 474 g/mol. The van der Waals surface area contributed by atoms with Crippen molar-refractivity contribution < 1.29 is 0 Å². The van der Waals surface area contributed by atoms with E-state index >= 15 is 0 Å². The van der Waals surface area contributed by atoms with Crippen molar-refractivity contribution in [2.75, 3.05) is 46.3 Å². The molecule has 0 radical (unpaired) electrons. The Balaban J connectivity index is 0.00000243. The van der Waals surface area contributed by atoms with Crippen molar-refractivity contribution in [3.63, 3.8) is 0 Å². The second kappa shape index (κ2) is 10.5. The average molecular weight is 474 g/mol. The number of hydrogen-bond donors (Lipinski definition) is 1. The van der Waals surface area contributed by atoms with Crippen LogP contribution in [0.15, 0.2) is 17.4 Å². The molecule has 2 saturated heterocycles. The van der Waals surface area contributed by atoms with Crippen LogP contribution in [0.5, 0.6) is 0 Å².